The van der Waals surface area contributed by atoms with E-state index in [0.29, 0.717) is 5.56 Å². The van der Waals surface area contributed by atoms with Crippen molar-refractivity contribution in [3.63, 3.8) is 0 Å². The van der Waals surface area contributed by atoms with E-state index in [2.05, 4.69) is 0 Å². The summed E-state index contributed by atoms with van der Waals surface area (Å²) in [5.74, 6) is -1.08. The number of rotatable bonds is 3. The molecule has 0 amide bonds. The minimum atomic E-state index is -1.45. The Labute approximate surface area is 114 Å². The number of aliphatic hydroxyl groups excluding tert-OH is 4. The van der Waals surface area contributed by atoms with Gasteiger partial charge in [-0.1, -0.05) is 12.1 Å². The lowest BCUT2D eigenvalue weighted by Gasteiger charge is -2.40. The topological polar surface area (TPSA) is 127 Å². The van der Waals surface area contributed by atoms with Crippen LogP contribution in [0, 0.1) is 0 Å². The first-order valence-electron chi connectivity index (χ1n) is 6.09. The van der Waals surface area contributed by atoms with E-state index in [9.17, 15) is 20.1 Å². The van der Waals surface area contributed by atoms with E-state index >= 15 is 0 Å². The van der Waals surface area contributed by atoms with Crippen LogP contribution in [0.3, 0.4) is 0 Å². The molecule has 1 unspecified atom stereocenters. The van der Waals surface area contributed by atoms with Gasteiger partial charge in [-0.15, -0.1) is 0 Å². The van der Waals surface area contributed by atoms with Crippen LogP contribution < -0.4 is 0 Å². The number of ether oxygens (including phenoxy) is 1. The van der Waals surface area contributed by atoms with Crippen LogP contribution >= 0.6 is 0 Å². The number of carboxylic acids is 1. The van der Waals surface area contributed by atoms with E-state index in [1.807, 2.05) is 0 Å². The second-order valence-electron chi connectivity index (χ2n) is 4.68. The summed E-state index contributed by atoms with van der Waals surface area (Å²) in [4.78, 5) is 10.8. The fourth-order valence-corrected chi connectivity index (χ4v) is 2.19. The quantitative estimate of drug-likeness (QED) is 0.476. The van der Waals surface area contributed by atoms with E-state index in [-0.39, 0.29) is 5.56 Å². The Morgan fingerprint density at radius 1 is 1.05 bits per heavy atom. The van der Waals surface area contributed by atoms with Crippen LogP contribution in [0.25, 0.3) is 0 Å². The number of aromatic carboxylic acids is 1. The highest BCUT2D eigenvalue weighted by atomic mass is 16.5. The largest absolute Gasteiger partial charge is 0.478 e. The molecule has 1 heterocycles. The van der Waals surface area contributed by atoms with Crippen molar-refractivity contribution in [2.45, 2.75) is 30.5 Å². The lowest BCUT2D eigenvalue weighted by Crippen LogP contribution is -2.55. The van der Waals surface area contributed by atoms with Crippen molar-refractivity contribution in [2.75, 3.05) is 6.61 Å². The summed E-state index contributed by atoms with van der Waals surface area (Å²) in [5.41, 5.74) is 0.533. The van der Waals surface area contributed by atoms with Gasteiger partial charge in [0.15, 0.2) is 0 Å². The van der Waals surface area contributed by atoms with Gasteiger partial charge >= 0.3 is 5.97 Å². The van der Waals surface area contributed by atoms with Crippen LogP contribution in [0.1, 0.15) is 22.0 Å². The summed E-state index contributed by atoms with van der Waals surface area (Å²) in [6, 6.07) is 5.60. The molecule has 5 atom stereocenters. The average Bonchev–Trinajstić information content (AvgIpc) is 2.45. The first-order valence-corrected chi connectivity index (χ1v) is 6.09. The third-order valence-electron chi connectivity index (χ3n) is 3.38. The zero-order chi connectivity index (χ0) is 14.9. The Kier molecular flexibility index (Phi) is 4.36. The summed E-state index contributed by atoms with van der Waals surface area (Å²) < 4.78 is 5.36. The monoisotopic (exact) mass is 284 g/mol. The summed E-state index contributed by atoms with van der Waals surface area (Å²) >= 11 is 0. The van der Waals surface area contributed by atoms with Gasteiger partial charge in [-0.05, 0) is 17.7 Å². The van der Waals surface area contributed by atoms with Gasteiger partial charge in [-0.25, -0.2) is 4.79 Å². The van der Waals surface area contributed by atoms with Gasteiger partial charge in [-0.2, -0.15) is 0 Å². The molecular formula is C13H16O7. The molecule has 0 radical (unpaired) electrons. The third-order valence-corrected chi connectivity index (χ3v) is 3.38. The molecule has 7 nitrogen and oxygen atoms in total. The highest BCUT2D eigenvalue weighted by molar-refractivity contribution is 5.87. The summed E-state index contributed by atoms with van der Waals surface area (Å²) in [6.07, 6.45) is -6.18. The van der Waals surface area contributed by atoms with Crippen molar-refractivity contribution in [3.05, 3.63) is 35.4 Å². The molecule has 1 aromatic rings. The number of carbonyl (C=O) groups is 1. The molecule has 0 aromatic heterocycles. The van der Waals surface area contributed by atoms with E-state index < -0.39 is 43.1 Å². The molecule has 0 saturated carbocycles. The van der Waals surface area contributed by atoms with Crippen molar-refractivity contribution in [2.24, 2.45) is 0 Å². The van der Waals surface area contributed by atoms with Crippen LogP contribution in [0.5, 0.6) is 0 Å². The molecule has 0 spiro atoms. The minimum Gasteiger partial charge on any atom is -0.478 e. The molecule has 5 N–H and O–H groups in total. The summed E-state index contributed by atoms with van der Waals surface area (Å²) in [5, 5.41) is 47.2. The van der Waals surface area contributed by atoms with Crippen LogP contribution in [-0.2, 0) is 4.74 Å². The Morgan fingerprint density at radius 3 is 2.15 bits per heavy atom. The zero-order valence-corrected chi connectivity index (χ0v) is 10.5. The van der Waals surface area contributed by atoms with Crippen LogP contribution in [0.2, 0.25) is 0 Å². The number of carboxylic acid groups (broad SMARTS) is 1. The molecule has 0 bridgehead atoms. The zero-order valence-electron chi connectivity index (χ0n) is 10.5. The Bertz CT molecular complexity index is 470. The first kappa shape index (κ1) is 14.9. The summed E-state index contributed by atoms with van der Waals surface area (Å²) in [7, 11) is 0. The lowest BCUT2D eigenvalue weighted by molar-refractivity contribution is -0.231. The Balaban J connectivity index is 2.24. The van der Waals surface area contributed by atoms with Crippen LogP contribution in [-0.4, -0.2) is 62.5 Å². The molecule has 1 aromatic carbocycles. The second-order valence-corrected chi connectivity index (χ2v) is 4.68. The Hall–Kier alpha value is -1.51. The molecule has 20 heavy (non-hydrogen) atoms. The average molecular weight is 284 g/mol. The number of benzene rings is 1. The van der Waals surface area contributed by atoms with Gasteiger partial charge in [0, 0.05) is 0 Å². The van der Waals surface area contributed by atoms with Gasteiger partial charge in [0.1, 0.15) is 30.5 Å². The fraction of sp³-hybridized carbons (Fsp3) is 0.462. The van der Waals surface area contributed by atoms with Crippen molar-refractivity contribution in [1.82, 2.24) is 0 Å². The van der Waals surface area contributed by atoms with E-state index in [1.54, 1.807) is 0 Å². The molecular weight excluding hydrogens is 268 g/mol. The number of aliphatic hydroxyl groups is 4. The molecule has 0 aliphatic carbocycles. The minimum absolute atomic E-state index is 0.0818. The van der Waals surface area contributed by atoms with Crippen molar-refractivity contribution in [3.8, 4) is 0 Å². The summed E-state index contributed by atoms with van der Waals surface area (Å²) in [6.45, 7) is -0.505. The van der Waals surface area contributed by atoms with Gasteiger partial charge < -0.3 is 30.3 Å². The van der Waals surface area contributed by atoms with Gasteiger partial charge in [0.25, 0.3) is 0 Å². The fourth-order valence-electron chi connectivity index (χ4n) is 2.19. The normalized spacial score (nSPS) is 33.9. The molecule has 1 aliphatic heterocycles. The maximum absolute atomic E-state index is 10.8. The van der Waals surface area contributed by atoms with E-state index in [4.69, 9.17) is 14.9 Å². The number of hydrogen-bond acceptors (Lipinski definition) is 6. The standard InChI is InChI=1S/C13H16O7/c14-5-8-9(15)10(16)11(17)12(20-8)6-1-3-7(4-2-6)13(18)19/h1-4,8-12,14-17H,5H2,(H,18,19)/t8-,9-,10+,11-,12?/m1/s1. The third kappa shape index (κ3) is 2.67. The maximum Gasteiger partial charge on any atom is 0.335 e. The SMILES string of the molecule is O=C(O)c1ccc(C2O[C@H](CO)[C@@H](O)[C@H](O)[C@H]2O)cc1. The lowest BCUT2D eigenvalue weighted by atomic mass is 9.91. The highest BCUT2D eigenvalue weighted by Gasteiger charge is 2.43. The molecule has 2 rings (SSSR count). The maximum atomic E-state index is 10.8. The van der Waals surface area contributed by atoms with E-state index in [1.165, 1.54) is 24.3 Å². The molecule has 110 valence electrons. The predicted molar refractivity (Wildman–Crippen MR) is 66.1 cm³/mol. The second kappa shape index (κ2) is 5.86. The van der Waals surface area contributed by atoms with Crippen LogP contribution in [0.4, 0.5) is 0 Å². The van der Waals surface area contributed by atoms with Gasteiger partial charge in [0.2, 0.25) is 0 Å². The molecule has 1 aliphatic rings. The number of hydrogen-bond donors (Lipinski definition) is 5. The first-order chi connectivity index (χ1) is 9.45. The van der Waals surface area contributed by atoms with Crippen molar-refractivity contribution >= 4 is 5.97 Å². The highest BCUT2D eigenvalue weighted by Crippen LogP contribution is 2.32. The smallest absolute Gasteiger partial charge is 0.335 e. The van der Waals surface area contributed by atoms with Crippen LogP contribution in [0.15, 0.2) is 24.3 Å². The van der Waals surface area contributed by atoms with Crippen molar-refractivity contribution in [1.29, 1.82) is 0 Å². The van der Waals surface area contributed by atoms with E-state index in [0.717, 1.165) is 0 Å². The molecule has 7 heteroatoms. The van der Waals surface area contributed by atoms with Crippen molar-refractivity contribution < 1.29 is 35.1 Å². The molecule has 1 fully saturated rings. The van der Waals surface area contributed by atoms with Gasteiger partial charge in [-0.3, -0.25) is 0 Å². The molecule has 1 saturated heterocycles. The van der Waals surface area contributed by atoms with Gasteiger partial charge in [0.05, 0.1) is 12.2 Å². The Morgan fingerprint density at radius 2 is 1.65 bits per heavy atom. The predicted octanol–water partition coefficient (Wildman–Crippen LogP) is -1.10.